The first-order chi connectivity index (χ1) is 9.54. The fourth-order valence-electron chi connectivity index (χ4n) is 1.61. The summed E-state index contributed by atoms with van der Waals surface area (Å²) in [5.41, 5.74) is -0.963. The number of nitro groups is 1. The smallest absolute Gasteiger partial charge is 0.346 e. The van der Waals surface area contributed by atoms with Gasteiger partial charge in [-0.05, 0) is 6.07 Å². The Morgan fingerprint density at radius 2 is 2.10 bits per heavy atom. The number of fused-ring (bicyclic) bond motifs is 1. The van der Waals surface area contributed by atoms with Gasteiger partial charge in [-0.15, -0.1) is 0 Å². The van der Waals surface area contributed by atoms with Gasteiger partial charge in [-0.1, -0.05) is 11.6 Å². The number of benzene rings is 1. The molecule has 0 N–H and O–H groups in total. The zero-order valence-electron chi connectivity index (χ0n) is 10.4. The number of methoxy groups -OCH3 is 1. The van der Waals surface area contributed by atoms with Crippen LogP contribution in [0.4, 0.5) is 5.69 Å². The minimum Gasteiger partial charge on any atom is -0.462 e. The van der Waals surface area contributed by atoms with Crippen LogP contribution in [0.1, 0.15) is 0 Å². The van der Waals surface area contributed by atoms with Gasteiger partial charge in [0.1, 0.15) is 11.6 Å². The molecule has 0 amide bonds. The predicted molar refractivity (Wildman–Crippen MR) is 71.5 cm³/mol. The number of nitrogens with zero attached hydrogens (tertiary/aromatic N) is 1. The summed E-state index contributed by atoms with van der Waals surface area (Å²) in [7, 11) is 1.50. The second-order valence-corrected chi connectivity index (χ2v) is 4.20. The van der Waals surface area contributed by atoms with Crippen LogP contribution in [-0.2, 0) is 4.74 Å². The summed E-state index contributed by atoms with van der Waals surface area (Å²) >= 11 is 6.06. The molecule has 0 aliphatic rings. The van der Waals surface area contributed by atoms with E-state index >= 15 is 0 Å². The monoisotopic (exact) mass is 299 g/mol. The Bertz CT molecular complexity index is 711. The van der Waals surface area contributed by atoms with E-state index in [-0.39, 0.29) is 28.6 Å². The number of ether oxygens (including phenoxy) is 2. The lowest BCUT2D eigenvalue weighted by molar-refractivity contribution is -0.384. The van der Waals surface area contributed by atoms with Crippen molar-refractivity contribution in [2.75, 3.05) is 20.3 Å². The van der Waals surface area contributed by atoms with Gasteiger partial charge >= 0.3 is 11.6 Å². The quantitative estimate of drug-likeness (QED) is 0.478. The van der Waals surface area contributed by atoms with Gasteiger partial charge in [0, 0.05) is 24.6 Å². The van der Waals surface area contributed by atoms with Crippen molar-refractivity contribution in [3.05, 3.63) is 43.8 Å². The second kappa shape index (κ2) is 5.89. The molecule has 8 heteroatoms. The molecule has 20 heavy (non-hydrogen) atoms. The molecule has 0 aliphatic heterocycles. The third-order valence-electron chi connectivity index (χ3n) is 2.56. The van der Waals surface area contributed by atoms with Crippen LogP contribution in [-0.4, -0.2) is 25.2 Å². The molecule has 0 saturated heterocycles. The number of halogens is 1. The Balaban J connectivity index is 2.51. The molecule has 0 atom stereocenters. The van der Waals surface area contributed by atoms with E-state index in [2.05, 4.69) is 0 Å². The average Bonchev–Trinajstić information content (AvgIpc) is 2.43. The van der Waals surface area contributed by atoms with E-state index in [0.717, 1.165) is 6.07 Å². The molecule has 0 bridgehead atoms. The predicted octanol–water partition coefficient (Wildman–Crippen LogP) is 2.38. The fourth-order valence-corrected chi connectivity index (χ4v) is 1.87. The van der Waals surface area contributed by atoms with Crippen molar-refractivity contribution in [1.82, 2.24) is 0 Å². The van der Waals surface area contributed by atoms with Crippen LogP contribution in [0.25, 0.3) is 10.8 Å². The van der Waals surface area contributed by atoms with Crippen LogP contribution in [0.15, 0.2) is 27.4 Å². The maximum absolute atomic E-state index is 11.8. The van der Waals surface area contributed by atoms with Crippen LogP contribution in [0.5, 0.6) is 5.95 Å². The van der Waals surface area contributed by atoms with Crippen molar-refractivity contribution in [3.8, 4) is 5.95 Å². The molecule has 2 aromatic rings. The minimum atomic E-state index is -0.750. The molecule has 0 fully saturated rings. The van der Waals surface area contributed by atoms with Gasteiger partial charge in [-0.3, -0.25) is 10.1 Å². The molecular weight excluding hydrogens is 290 g/mol. The Hall–Kier alpha value is -2.12. The summed E-state index contributed by atoms with van der Waals surface area (Å²) in [6.45, 7) is 0.468. The van der Waals surface area contributed by atoms with Gasteiger partial charge in [0.05, 0.1) is 16.9 Å². The number of rotatable bonds is 5. The highest BCUT2D eigenvalue weighted by Gasteiger charge is 2.16. The molecule has 1 heterocycles. The molecule has 0 unspecified atom stereocenters. The Morgan fingerprint density at radius 1 is 1.35 bits per heavy atom. The largest absolute Gasteiger partial charge is 0.462 e. The first-order valence-corrected chi connectivity index (χ1v) is 5.95. The molecule has 0 saturated carbocycles. The zero-order chi connectivity index (χ0) is 14.7. The van der Waals surface area contributed by atoms with Crippen LogP contribution < -0.4 is 10.4 Å². The van der Waals surface area contributed by atoms with Crippen molar-refractivity contribution in [3.63, 3.8) is 0 Å². The summed E-state index contributed by atoms with van der Waals surface area (Å²) in [5, 5.41) is 11.1. The molecule has 2 rings (SSSR count). The summed E-state index contributed by atoms with van der Waals surface area (Å²) in [5.74, 6) is -0.130. The third-order valence-corrected chi connectivity index (χ3v) is 2.91. The van der Waals surface area contributed by atoms with E-state index < -0.39 is 10.5 Å². The first-order valence-electron chi connectivity index (χ1n) is 5.57. The zero-order valence-corrected chi connectivity index (χ0v) is 11.2. The van der Waals surface area contributed by atoms with Crippen molar-refractivity contribution in [1.29, 1.82) is 0 Å². The van der Waals surface area contributed by atoms with Gasteiger partial charge in [-0.25, -0.2) is 4.79 Å². The number of non-ortho nitro benzene ring substituents is 1. The third kappa shape index (κ3) is 2.73. The molecule has 0 spiro atoms. The maximum atomic E-state index is 11.8. The van der Waals surface area contributed by atoms with Crippen molar-refractivity contribution in [2.24, 2.45) is 0 Å². The van der Waals surface area contributed by atoms with Crippen molar-refractivity contribution < 1.29 is 18.8 Å². The minimum absolute atomic E-state index is 0.0308. The van der Waals surface area contributed by atoms with Gasteiger partial charge in [0.25, 0.3) is 5.69 Å². The number of hydrogen-bond donors (Lipinski definition) is 0. The van der Waals surface area contributed by atoms with E-state index in [1.807, 2.05) is 0 Å². The molecule has 7 nitrogen and oxygen atoms in total. The van der Waals surface area contributed by atoms with E-state index in [9.17, 15) is 14.9 Å². The first kappa shape index (κ1) is 14.3. The molecule has 1 aromatic carbocycles. The molecule has 0 aliphatic carbocycles. The van der Waals surface area contributed by atoms with Crippen LogP contribution in [0.2, 0.25) is 5.02 Å². The van der Waals surface area contributed by atoms with Gasteiger partial charge < -0.3 is 13.9 Å². The van der Waals surface area contributed by atoms with Gasteiger partial charge in [0.2, 0.25) is 0 Å². The lowest BCUT2D eigenvalue weighted by atomic mass is 10.1. The van der Waals surface area contributed by atoms with E-state index in [1.54, 1.807) is 0 Å². The number of hydrogen-bond acceptors (Lipinski definition) is 6. The second-order valence-electron chi connectivity index (χ2n) is 3.82. The highest BCUT2D eigenvalue weighted by Crippen LogP contribution is 2.32. The molecule has 1 aromatic heterocycles. The standard InChI is InChI=1S/C12H10ClNO6/c1-18-4-5-19-12-10(13)8-3-2-7(14(16)17)6-9(8)11(15)20-12/h2-3,6H,4-5H2,1H3. The fraction of sp³-hybridized carbons (Fsp3) is 0.250. The van der Waals surface area contributed by atoms with Gasteiger partial charge in [-0.2, -0.15) is 0 Å². The van der Waals surface area contributed by atoms with Crippen molar-refractivity contribution >= 4 is 28.1 Å². The topological polar surface area (TPSA) is 91.8 Å². The van der Waals surface area contributed by atoms with E-state index in [4.69, 9.17) is 25.5 Å². The van der Waals surface area contributed by atoms with E-state index in [1.165, 1.54) is 19.2 Å². The summed E-state index contributed by atoms with van der Waals surface area (Å²) < 4.78 is 14.9. The SMILES string of the molecule is COCCOc1oc(=O)c2cc([N+](=O)[O-])ccc2c1Cl. The van der Waals surface area contributed by atoms with E-state index in [0.29, 0.717) is 12.0 Å². The number of nitro benzene ring substituents is 1. The Kier molecular flexibility index (Phi) is 4.21. The summed E-state index contributed by atoms with van der Waals surface area (Å²) in [6, 6.07) is 3.76. The highest BCUT2D eigenvalue weighted by molar-refractivity contribution is 6.36. The normalized spacial score (nSPS) is 10.7. The van der Waals surface area contributed by atoms with Gasteiger partial charge in [0.15, 0.2) is 0 Å². The average molecular weight is 300 g/mol. The maximum Gasteiger partial charge on any atom is 0.346 e. The van der Waals surface area contributed by atoms with Crippen LogP contribution >= 0.6 is 11.6 Å². The molecule has 106 valence electrons. The summed E-state index contributed by atoms with van der Waals surface area (Å²) in [4.78, 5) is 21.9. The Morgan fingerprint density at radius 3 is 2.75 bits per heavy atom. The highest BCUT2D eigenvalue weighted by atomic mass is 35.5. The molecular formula is C12H10ClNO6. The van der Waals surface area contributed by atoms with Crippen molar-refractivity contribution in [2.45, 2.75) is 0 Å². The van der Waals surface area contributed by atoms with Crippen LogP contribution in [0.3, 0.4) is 0 Å². The Labute approximate surface area is 117 Å². The molecule has 0 radical (unpaired) electrons. The lowest BCUT2D eigenvalue weighted by Gasteiger charge is -2.07. The van der Waals surface area contributed by atoms with Crippen LogP contribution in [0, 0.1) is 10.1 Å². The summed E-state index contributed by atoms with van der Waals surface area (Å²) in [6.07, 6.45) is 0. The lowest BCUT2D eigenvalue weighted by Crippen LogP contribution is -2.08.